The van der Waals surface area contributed by atoms with E-state index < -0.39 is 23.4 Å². The number of carbonyl (C=O) groups excluding carboxylic acids is 3. The van der Waals surface area contributed by atoms with Crippen LogP contribution in [0.4, 0.5) is 0 Å². The van der Waals surface area contributed by atoms with Gasteiger partial charge in [0.1, 0.15) is 17.3 Å². The van der Waals surface area contributed by atoms with Crippen molar-refractivity contribution in [1.29, 1.82) is 0 Å². The Morgan fingerprint density at radius 1 is 1.29 bits per heavy atom. The van der Waals surface area contributed by atoms with Crippen LogP contribution in [0.3, 0.4) is 0 Å². The minimum absolute atomic E-state index is 0.190. The second-order valence-corrected chi connectivity index (χ2v) is 5.96. The van der Waals surface area contributed by atoms with E-state index in [4.69, 9.17) is 0 Å². The van der Waals surface area contributed by atoms with Gasteiger partial charge in [-0.05, 0) is 32.9 Å². The SMILES string of the molecule is CC(=O)[C@@H]1C(=O)C[C@](C)(O)[C@@H](C(C)=O)[C@@H]1c1ccccn1. The van der Waals surface area contributed by atoms with E-state index in [2.05, 4.69) is 4.98 Å². The van der Waals surface area contributed by atoms with E-state index in [1.165, 1.54) is 20.8 Å². The molecule has 0 spiro atoms. The molecule has 1 aromatic heterocycles. The first-order chi connectivity index (χ1) is 9.75. The minimum atomic E-state index is -1.46. The molecule has 0 aliphatic heterocycles. The van der Waals surface area contributed by atoms with Crippen molar-refractivity contribution in [2.75, 3.05) is 0 Å². The molecule has 5 nitrogen and oxygen atoms in total. The van der Waals surface area contributed by atoms with Crippen molar-refractivity contribution in [3.63, 3.8) is 0 Å². The Balaban J connectivity index is 2.61. The van der Waals surface area contributed by atoms with Crippen LogP contribution in [0.5, 0.6) is 0 Å². The Hall–Kier alpha value is -1.88. The summed E-state index contributed by atoms with van der Waals surface area (Å²) in [4.78, 5) is 40.5. The maximum atomic E-state index is 12.3. The van der Waals surface area contributed by atoms with Crippen LogP contribution in [0, 0.1) is 11.8 Å². The zero-order valence-electron chi connectivity index (χ0n) is 12.4. The highest BCUT2D eigenvalue weighted by molar-refractivity contribution is 6.04. The summed E-state index contributed by atoms with van der Waals surface area (Å²) >= 11 is 0. The fraction of sp³-hybridized carbons (Fsp3) is 0.500. The molecule has 2 rings (SSSR count). The van der Waals surface area contributed by atoms with Gasteiger partial charge in [0.05, 0.1) is 17.4 Å². The normalized spacial score (nSPS) is 32.8. The lowest BCUT2D eigenvalue weighted by molar-refractivity contribution is -0.151. The zero-order chi connectivity index (χ0) is 15.8. The van der Waals surface area contributed by atoms with E-state index in [-0.39, 0.29) is 23.8 Å². The molecule has 1 aliphatic carbocycles. The van der Waals surface area contributed by atoms with Crippen molar-refractivity contribution in [2.45, 2.75) is 38.7 Å². The number of ketones is 3. The van der Waals surface area contributed by atoms with Crippen LogP contribution in [-0.4, -0.2) is 33.0 Å². The fourth-order valence-electron chi connectivity index (χ4n) is 3.44. The lowest BCUT2D eigenvalue weighted by Crippen LogP contribution is -2.54. The van der Waals surface area contributed by atoms with E-state index in [1.54, 1.807) is 24.4 Å². The van der Waals surface area contributed by atoms with E-state index in [9.17, 15) is 19.5 Å². The first-order valence-corrected chi connectivity index (χ1v) is 6.92. The summed E-state index contributed by atoms with van der Waals surface area (Å²) in [7, 11) is 0. The maximum absolute atomic E-state index is 12.3. The molecule has 0 amide bonds. The Labute approximate surface area is 123 Å². The number of hydrogen-bond acceptors (Lipinski definition) is 5. The first-order valence-electron chi connectivity index (χ1n) is 6.92. The average molecular weight is 289 g/mol. The van der Waals surface area contributed by atoms with Gasteiger partial charge in [0.25, 0.3) is 0 Å². The number of pyridine rings is 1. The molecular weight excluding hydrogens is 270 g/mol. The number of aromatic nitrogens is 1. The monoisotopic (exact) mass is 289 g/mol. The predicted octanol–water partition coefficient (Wildman–Crippen LogP) is 1.30. The second kappa shape index (κ2) is 5.48. The summed E-state index contributed by atoms with van der Waals surface area (Å²) in [6.45, 7) is 4.20. The van der Waals surface area contributed by atoms with Crippen molar-refractivity contribution < 1.29 is 19.5 Å². The van der Waals surface area contributed by atoms with Crippen molar-refractivity contribution in [1.82, 2.24) is 4.98 Å². The minimum Gasteiger partial charge on any atom is -0.389 e. The summed E-state index contributed by atoms with van der Waals surface area (Å²) in [5, 5.41) is 10.5. The summed E-state index contributed by atoms with van der Waals surface area (Å²) in [5.74, 6) is -3.32. The molecule has 0 unspecified atom stereocenters. The lowest BCUT2D eigenvalue weighted by Gasteiger charge is -2.43. The highest BCUT2D eigenvalue weighted by Crippen LogP contribution is 2.45. The molecule has 1 aliphatic rings. The zero-order valence-corrected chi connectivity index (χ0v) is 12.4. The van der Waals surface area contributed by atoms with E-state index >= 15 is 0 Å². The summed E-state index contributed by atoms with van der Waals surface area (Å²) in [6, 6.07) is 5.15. The number of nitrogens with zero attached hydrogens (tertiary/aromatic N) is 1. The standard InChI is InChI=1S/C16H19NO4/c1-9(18)13-12(20)8-16(3,21)15(10(2)19)14(13)11-6-4-5-7-17-11/h4-7,13-15,21H,8H2,1-3H3/t13-,14-,15+,16+/m1/s1. The van der Waals surface area contributed by atoms with Gasteiger partial charge in [-0.2, -0.15) is 0 Å². The Kier molecular flexibility index (Phi) is 4.05. The van der Waals surface area contributed by atoms with Crippen molar-refractivity contribution in [2.24, 2.45) is 11.8 Å². The van der Waals surface area contributed by atoms with Gasteiger partial charge < -0.3 is 5.11 Å². The molecule has 1 heterocycles. The number of carbonyl (C=O) groups is 3. The van der Waals surface area contributed by atoms with Crippen LogP contribution >= 0.6 is 0 Å². The third-order valence-electron chi connectivity index (χ3n) is 4.17. The third kappa shape index (κ3) is 2.78. The number of rotatable bonds is 3. The lowest BCUT2D eigenvalue weighted by atomic mass is 9.61. The molecule has 0 radical (unpaired) electrons. The quantitative estimate of drug-likeness (QED) is 0.848. The molecule has 1 aromatic rings. The molecule has 1 N–H and O–H groups in total. The molecule has 4 atom stereocenters. The van der Waals surface area contributed by atoms with Gasteiger partial charge >= 0.3 is 0 Å². The summed E-state index contributed by atoms with van der Waals surface area (Å²) in [6.07, 6.45) is 1.36. The van der Waals surface area contributed by atoms with E-state index in [0.717, 1.165) is 0 Å². The van der Waals surface area contributed by atoms with Gasteiger partial charge in [-0.3, -0.25) is 19.4 Å². The number of hydrogen-bond donors (Lipinski definition) is 1. The Morgan fingerprint density at radius 3 is 2.43 bits per heavy atom. The highest BCUT2D eigenvalue weighted by atomic mass is 16.3. The largest absolute Gasteiger partial charge is 0.389 e. The fourth-order valence-corrected chi connectivity index (χ4v) is 3.44. The van der Waals surface area contributed by atoms with Crippen molar-refractivity contribution >= 4 is 17.3 Å². The summed E-state index contributed by atoms with van der Waals surface area (Å²) < 4.78 is 0. The molecule has 21 heavy (non-hydrogen) atoms. The second-order valence-electron chi connectivity index (χ2n) is 5.96. The Bertz CT molecular complexity index is 579. The predicted molar refractivity (Wildman–Crippen MR) is 75.6 cm³/mol. The molecule has 5 heteroatoms. The maximum Gasteiger partial charge on any atom is 0.146 e. The van der Waals surface area contributed by atoms with Crippen LogP contribution in [-0.2, 0) is 14.4 Å². The van der Waals surface area contributed by atoms with Crippen LogP contribution in [0.1, 0.15) is 38.8 Å². The number of Topliss-reactive ketones (excluding diaryl/α,β-unsaturated/α-hetero) is 3. The molecule has 0 saturated heterocycles. The smallest absolute Gasteiger partial charge is 0.146 e. The van der Waals surface area contributed by atoms with Gasteiger partial charge in [0, 0.05) is 24.2 Å². The van der Waals surface area contributed by atoms with Crippen LogP contribution in [0.15, 0.2) is 24.4 Å². The number of aliphatic hydroxyl groups is 1. The molecule has 0 bridgehead atoms. The van der Waals surface area contributed by atoms with Crippen LogP contribution < -0.4 is 0 Å². The van der Waals surface area contributed by atoms with Gasteiger partial charge in [0.2, 0.25) is 0 Å². The van der Waals surface area contributed by atoms with E-state index in [1.807, 2.05) is 0 Å². The molecule has 0 aromatic carbocycles. The first kappa shape index (κ1) is 15.5. The van der Waals surface area contributed by atoms with Gasteiger partial charge in [0.15, 0.2) is 0 Å². The van der Waals surface area contributed by atoms with Crippen LogP contribution in [0.25, 0.3) is 0 Å². The Morgan fingerprint density at radius 2 is 1.95 bits per heavy atom. The topological polar surface area (TPSA) is 84.3 Å². The van der Waals surface area contributed by atoms with Crippen LogP contribution in [0.2, 0.25) is 0 Å². The summed E-state index contributed by atoms with van der Waals surface area (Å²) in [5.41, 5.74) is -0.969. The molecule has 1 fully saturated rings. The molecular formula is C16H19NO4. The average Bonchev–Trinajstić information content (AvgIpc) is 2.36. The third-order valence-corrected chi connectivity index (χ3v) is 4.17. The van der Waals surface area contributed by atoms with Gasteiger partial charge in [-0.25, -0.2) is 0 Å². The van der Waals surface area contributed by atoms with Gasteiger partial charge in [-0.15, -0.1) is 0 Å². The van der Waals surface area contributed by atoms with Crippen molar-refractivity contribution in [3.05, 3.63) is 30.1 Å². The van der Waals surface area contributed by atoms with Gasteiger partial charge in [-0.1, -0.05) is 6.07 Å². The molecule has 112 valence electrons. The van der Waals surface area contributed by atoms with Crippen molar-refractivity contribution in [3.8, 4) is 0 Å². The van der Waals surface area contributed by atoms with E-state index in [0.29, 0.717) is 5.69 Å². The molecule has 1 saturated carbocycles. The highest BCUT2D eigenvalue weighted by Gasteiger charge is 2.54.